The Labute approximate surface area is 154 Å². The average Bonchev–Trinajstić information content (AvgIpc) is 3.22. The SMILES string of the molecule is C[C@@]1(F)C[C@@H](CO)O[C@H]1n1ccc2c(NC(=O)c3ccccc3)ncnc21. The third-order valence-electron chi connectivity index (χ3n) is 4.70. The van der Waals surface area contributed by atoms with Gasteiger partial charge >= 0.3 is 0 Å². The van der Waals surface area contributed by atoms with Crippen LogP contribution in [0.5, 0.6) is 0 Å². The van der Waals surface area contributed by atoms with Gasteiger partial charge in [-0.25, -0.2) is 14.4 Å². The van der Waals surface area contributed by atoms with E-state index in [0.29, 0.717) is 22.4 Å². The van der Waals surface area contributed by atoms with Crippen LogP contribution >= 0.6 is 0 Å². The second-order valence-corrected chi connectivity index (χ2v) is 6.78. The van der Waals surface area contributed by atoms with Gasteiger partial charge in [0.2, 0.25) is 0 Å². The van der Waals surface area contributed by atoms with Gasteiger partial charge in [-0.15, -0.1) is 0 Å². The molecular formula is C19H19FN4O3. The zero-order chi connectivity index (χ0) is 19.0. The number of aromatic nitrogens is 3. The molecule has 1 fully saturated rings. The topological polar surface area (TPSA) is 89.3 Å². The fraction of sp³-hybridized carbons (Fsp3) is 0.316. The molecule has 7 nitrogen and oxygen atoms in total. The first-order valence-electron chi connectivity index (χ1n) is 8.63. The number of halogens is 1. The van der Waals surface area contributed by atoms with Crippen molar-refractivity contribution in [1.82, 2.24) is 14.5 Å². The van der Waals surface area contributed by atoms with Crippen LogP contribution in [0, 0.1) is 0 Å². The maximum atomic E-state index is 15.0. The lowest BCUT2D eigenvalue weighted by atomic mass is 10.0. The predicted molar refractivity (Wildman–Crippen MR) is 97.0 cm³/mol. The number of ether oxygens (including phenoxy) is 1. The van der Waals surface area contributed by atoms with Crippen molar-refractivity contribution in [1.29, 1.82) is 0 Å². The molecule has 1 aromatic carbocycles. The maximum absolute atomic E-state index is 15.0. The van der Waals surface area contributed by atoms with Crippen molar-refractivity contribution in [2.45, 2.75) is 31.3 Å². The number of hydrogen-bond acceptors (Lipinski definition) is 5. The summed E-state index contributed by atoms with van der Waals surface area (Å²) < 4.78 is 22.2. The van der Waals surface area contributed by atoms with Gasteiger partial charge in [0.15, 0.2) is 11.9 Å². The predicted octanol–water partition coefficient (Wildman–Crippen LogP) is 2.69. The number of nitrogens with zero attached hydrogens (tertiary/aromatic N) is 3. The molecule has 3 heterocycles. The minimum atomic E-state index is -1.66. The van der Waals surface area contributed by atoms with E-state index >= 15 is 0 Å². The van der Waals surface area contributed by atoms with Gasteiger partial charge in [-0.05, 0) is 25.1 Å². The molecule has 27 heavy (non-hydrogen) atoms. The van der Waals surface area contributed by atoms with E-state index in [1.54, 1.807) is 41.1 Å². The third kappa shape index (κ3) is 3.17. The van der Waals surface area contributed by atoms with Gasteiger partial charge in [0.05, 0.1) is 18.1 Å². The van der Waals surface area contributed by atoms with Crippen molar-refractivity contribution in [2.75, 3.05) is 11.9 Å². The molecule has 8 heteroatoms. The molecule has 1 amide bonds. The molecule has 2 N–H and O–H groups in total. The molecule has 0 aliphatic carbocycles. The number of carbonyl (C=O) groups is 1. The Morgan fingerprint density at radius 1 is 1.37 bits per heavy atom. The zero-order valence-electron chi connectivity index (χ0n) is 14.7. The molecule has 0 saturated carbocycles. The number of anilines is 1. The van der Waals surface area contributed by atoms with Crippen molar-refractivity contribution in [3.8, 4) is 0 Å². The number of aliphatic hydroxyl groups excluding tert-OH is 1. The van der Waals surface area contributed by atoms with E-state index in [0.717, 1.165) is 0 Å². The number of alkyl halides is 1. The summed E-state index contributed by atoms with van der Waals surface area (Å²) in [7, 11) is 0. The van der Waals surface area contributed by atoms with E-state index in [1.165, 1.54) is 13.3 Å². The normalized spacial score (nSPS) is 25.0. The molecule has 0 radical (unpaired) electrons. The van der Waals surface area contributed by atoms with E-state index in [4.69, 9.17) is 4.74 Å². The highest BCUT2D eigenvalue weighted by atomic mass is 19.1. The number of fused-ring (bicyclic) bond motifs is 1. The van der Waals surface area contributed by atoms with Gasteiger partial charge in [0.1, 0.15) is 17.8 Å². The highest BCUT2D eigenvalue weighted by Crippen LogP contribution is 2.42. The largest absolute Gasteiger partial charge is 0.394 e. The van der Waals surface area contributed by atoms with Crippen LogP contribution in [0.2, 0.25) is 0 Å². The summed E-state index contributed by atoms with van der Waals surface area (Å²) in [6, 6.07) is 10.5. The van der Waals surface area contributed by atoms with E-state index in [1.807, 2.05) is 6.07 Å². The Morgan fingerprint density at radius 3 is 2.85 bits per heavy atom. The standard InChI is InChI=1S/C19H19FN4O3/c1-19(20)9-13(10-25)27-18(19)24-8-7-14-15(21-11-22-16(14)24)23-17(26)12-5-3-2-4-6-12/h2-8,11,13,18,25H,9-10H2,1H3,(H,21,22,23,26)/t13-,18+,19+/m0/s1. The van der Waals surface area contributed by atoms with Crippen LogP contribution < -0.4 is 5.32 Å². The molecule has 3 atom stereocenters. The zero-order valence-corrected chi connectivity index (χ0v) is 14.7. The fourth-order valence-corrected chi connectivity index (χ4v) is 3.41. The van der Waals surface area contributed by atoms with Gasteiger partial charge in [-0.1, -0.05) is 18.2 Å². The average molecular weight is 370 g/mol. The van der Waals surface area contributed by atoms with Gasteiger partial charge in [-0.3, -0.25) is 4.79 Å². The van der Waals surface area contributed by atoms with Crippen LogP contribution in [-0.4, -0.2) is 43.9 Å². The van der Waals surface area contributed by atoms with E-state index in [-0.39, 0.29) is 18.9 Å². The number of benzene rings is 1. The van der Waals surface area contributed by atoms with Crippen molar-refractivity contribution in [3.05, 3.63) is 54.5 Å². The van der Waals surface area contributed by atoms with E-state index in [2.05, 4.69) is 15.3 Å². The van der Waals surface area contributed by atoms with Gasteiger partial charge in [-0.2, -0.15) is 0 Å². The first-order valence-corrected chi connectivity index (χ1v) is 8.63. The van der Waals surface area contributed by atoms with Gasteiger partial charge < -0.3 is 19.7 Å². The second-order valence-electron chi connectivity index (χ2n) is 6.78. The van der Waals surface area contributed by atoms with E-state index < -0.39 is 18.0 Å². The van der Waals surface area contributed by atoms with E-state index in [9.17, 15) is 14.3 Å². The van der Waals surface area contributed by atoms with Crippen molar-refractivity contribution in [3.63, 3.8) is 0 Å². The molecule has 0 spiro atoms. The summed E-state index contributed by atoms with van der Waals surface area (Å²) in [5.41, 5.74) is -0.705. The molecule has 1 saturated heterocycles. The monoisotopic (exact) mass is 370 g/mol. The van der Waals surface area contributed by atoms with Crippen LogP contribution in [0.1, 0.15) is 29.9 Å². The van der Waals surface area contributed by atoms with Crippen LogP contribution in [0.15, 0.2) is 48.9 Å². The fourth-order valence-electron chi connectivity index (χ4n) is 3.41. The molecule has 140 valence electrons. The number of aliphatic hydroxyl groups is 1. The van der Waals surface area contributed by atoms with Gasteiger partial charge in [0.25, 0.3) is 5.91 Å². The smallest absolute Gasteiger partial charge is 0.256 e. The summed E-state index contributed by atoms with van der Waals surface area (Å²) in [5.74, 6) is 0.0426. The Balaban J connectivity index is 1.67. The number of carbonyl (C=O) groups excluding carboxylic acids is 1. The number of hydrogen-bond donors (Lipinski definition) is 2. The summed E-state index contributed by atoms with van der Waals surface area (Å²) in [5, 5.41) is 12.6. The summed E-state index contributed by atoms with van der Waals surface area (Å²) in [6.07, 6.45) is 1.57. The third-order valence-corrected chi connectivity index (χ3v) is 4.70. The van der Waals surface area contributed by atoms with Crippen LogP contribution in [0.25, 0.3) is 11.0 Å². The molecule has 1 aliphatic heterocycles. The second kappa shape index (κ2) is 6.71. The summed E-state index contributed by atoms with van der Waals surface area (Å²) >= 11 is 0. The quantitative estimate of drug-likeness (QED) is 0.737. The van der Waals surface area contributed by atoms with Gasteiger partial charge in [0, 0.05) is 18.2 Å². The molecule has 4 rings (SSSR count). The lowest BCUT2D eigenvalue weighted by molar-refractivity contribution is -0.0562. The lowest BCUT2D eigenvalue weighted by Crippen LogP contribution is -2.27. The Hall–Kier alpha value is -2.84. The lowest BCUT2D eigenvalue weighted by Gasteiger charge is -2.23. The molecule has 0 bridgehead atoms. The van der Waals surface area contributed by atoms with Crippen LogP contribution in [-0.2, 0) is 4.74 Å². The molecular weight excluding hydrogens is 351 g/mol. The minimum Gasteiger partial charge on any atom is -0.394 e. The Morgan fingerprint density at radius 2 is 2.15 bits per heavy atom. The summed E-state index contributed by atoms with van der Waals surface area (Å²) in [4.78, 5) is 20.8. The Kier molecular flexibility index (Phi) is 4.37. The number of nitrogens with one attached hydrogen (secondary N) is 1. The van der Waals surface area contributed by atoms with Crippen molar-refractivity contribution in [2.24, 2.45) is 0 Å². The first-order chi connectivity index (χ1) is 13.0. The highest BCUT2D eigenvalue weighted by molar-refractivity contribution is 6.07. The van der Waals surface area contributed by atoms with Crippen LogP contribution in [0.4, 0.5) is 10.2 Å². The summed E-state index contributed by atoms with van der Waals surface area (Å²) in [6.45, 7) is 1.20. The van der Waals surface area contributed by atoms with Crippen LogP contribution in [0.3, 0.4) is 0 Å². The number of rotatable bonds is 4. The molecule has 0 unspecified atom stereocenters. The minimum absolute atomic E-state index is 0.0938. The Bertz CT molecular complexity index is 974. The molecule has 2 aromatic heterocycles. The maximum Gasteiger partial charge on any atom is 0.256 e. The highest BCUT2D eigenvalue weighted by Gasteiger charge is 2.47. The molecule has 3 aromatic rings. The molecule has 1 aliphatic rings. The van der Waals surface area contributed by atoms with Crippen molar-refractivity contribution < 1.29 is 19.0 Å². The number of amides is 1. The first kappa shape index (κ1) is 17.6. The van der Waals surface area contributed by atoms with Crippen molar-refractivity contribution >= 4 is 22.8 Å².